The van der Waals surface area contributed by atoms with Gasteiger partial charge in [0.2, 0.25) is 0 Å². The average Bonchev–Trinajstić information content (AvgIpc) is 2.26. The standard InChI is InChI=1S/C11H12F3NO3/c1-6(15-10(17)18)9(16)7-2-4-8(5-3-7)11(12,13)14/h2-6,9,15-16H,1H3,(H,17,18). The van der Waals surface area contributed by atoms with Gasteiger partial charge in [-0.1, -0.05) is 12.1 Å². The summed E-state index contributed by atoms with van der Waals surface area (Å²) in [7, 11) is 0. The van der Waals surface area contributed by atoms with Crippen LogP contribution < -0.4 is 5.32 Å². The molecular formula is C11H12F3NO3. The topological polar surface area (TPSA) is 69.6 Å². The first kappa shape index (κ1) is 14.3. The summed E-state index contributed by atoms with van der Waals surface area (Å²) in [6, 6.07) is 3.10. The molecule has 0 saturated heterocycles. The van der Waals surface area contributed by atoms with E-state index in [2.05, 4.69) is 0 Å². The van der Waals surface area contributed by atoms with E-state index in [4.69, 9.17) is 5.11 Å². The van der Waals surface area contributed by atoms with Gasteiger partial charge < -0.3 is 15.5 Å². The molecule has 18 heavy (non-hydrogen) atoms. The van der Waals surface area contributed by atoms with E-state index >= 15 is 0 Å². The SMILES string of the molecule is CC(NC(=O)O)C(O)c1ccc(C(F)(F)F)cc1. The van der Waals surface area contributed by atoms with E-state index in [-0.39, 0.29) is 5.56 Å². The number of aliphatic hydroxyl groups is 1. The van der Waals surface area contributed by atoms with Gasteiger partial charge in [0.15, 0.2) is 0 Å². The fourth-order valence-corrected chi connectivity index (χ4v) is 1.43. The minimum absolute atomic E-state index is 0.212. The predicted molar refractivity (Wildman–Crippen MR) is 57.0 cm³/mol. The van der Waals surface area contributed by atoms with Gasteiger partial charge in [0.05, 0.1) is 17.7 Å². The quantitative estimate of drug-likeness (QED) is 0.784. The molecule has 7 heteroatoms. The van der Waals surface area contributed by atoms with Crippen molar-refractivity contribution in [3.05, 3.63) is 35.4 Å². The molecule has 2 atom stereocenters. The van der Waals surface area contributed by atoms with Crippen LogP contribution in [-0.2, 0) is 6.18 Å². The van der Waals surface area contributed by atoms with E-state index < -0.39 is 30.0 Å². The Balaban J connectivity index is 2.82. The molecule has 0 heterocycles. The van der Waals surface area contributed by atoms with Crippen molar-refractivity contribution in [2.45, 2.75) is 25.2 Å². The van der Waals surface area contributed by atoms with Crippen LogP contribution in [0.2, 0.25) is 0 Å². The maximum absolute atomic E-state index is 12.3. The number of hydrogen-bond donors (Lipinski definition) is 3. The summed E-state index contributed by atoms with van der Waals surface area (Å²) in [5.41, 5.74) is -0.610. The molecule has 0 aromatic heterocycles. The largest absolute Gasteiger partial charge is 0.465 e. The molecule has 0 aliphatic carbocycles. The predicted octanol–water partition coefficient (Wildman–Crippen LogP) is 2.39. The zero-order valence-corrected chi connectivity index (χ0v) is 9.40. The van der Waals surface area contributed by atoms with Crippen molar-refractivity contribution in [1.82, 2.24) is 5.32 Å². The lowest BCUT2D eigenvalue weighted by molar-refractivity contribution is -0.137. The Morgan fingerprint density at radius 3 is 2.17 bits per heavy atom. The number of amides is 1. The van der Waals surface area contributed by atoms with E-state index in [1.54, 1.807) is 0 Å². The highest BCUT2D eigenvalue weighted by atomic mass is 19.4. The number of rotatable bonds is 3. The Kier molecular flexibility index (Phi) is 4.18. The summed E-state index contributed by atoms with van der Waals surface area (Å²) in [6.45, 7) is 1.41. The number of nitrogens with one attached hydrogen (secondary N) is 1. The van der Waals surface area contributed by atoms with Gasteiger partial charge >= 0.3 is 12.3 Å². The summed E-state index contributed by atoms with van der Waals surface area (Å²) in [6.07, 6.45) is -6.95. The Hall–Kier alpha value is -1.76. The molecule has 1 aromatic rings. The third-order valence-corrected chi connectivity index (χ3v) is 2.40. The van der Waals surface area contributed by atoms with Gasteiger partial charge in [-0.3, -0.25) is 0 Å². The van der Waals surface area contributed by atoms with Crippen LogP contribution in [0.15, 0.2) is 24.3 Å². The molecule has 1 aromatic carbocycles. The maximum Gasteiger partial charge on any atom is 0.416 e. The number of halogens is 3. The lowest BCUT2D eigenvalue weighted by atomic mass is 10.0. The van der Waals surface area contributed by atoms with Crippen LogP contribution in [0.5, 0.6) is 0 Å². The Labute approximate surface area is 101 Å². The molecule has 0 aliphatic rings. The fourth-order valence-electron chi connectivity index (χ4n) is 1.43. The fraction of sp³-hybridized carbons (Fsp3) is 0.364. The zero-order chi connectivity index (χ0) is 13.9. The smallest absolute Gasteiger partial charge is 0.416 e. The van der Waals surface area contributed by atoms with Crippen molar-refractivity contribution < 1.29 is 28.2 Å². The molecule has 0 radical (unpaired) electrons. The lowest BCUT2D eigenvalue weighted by Crippen LogP contribution is -2.35. The van der Waals surface area contributed by atoms with Crippen LogP contribution in [-0.4, -0.2) is 22.3 Å². The third-order valence-electron chi connectivity index (χ3n) is 2.40. The molecule has 0 fully saturated rings. The first-order chi connectivity index (χ1) is 8.21. The van der Waals surface area contributed by atoms with Crippen LogP contribution in [0.3, 0.4) is 0 Å². The zero-order valence-electron chi connectivity index (χ0n) is 9.40. The number of carboxylic acid groups (broad SMARTS) is 1. The van der Waals surface area contributed by atoms with Crippen molar-refractivity contribution in [2.24, 2.45) is 0 Å². The molecule has 0 bridgehead atoms. The normalized spacial score (nSPS) is 14.9. The molecule has 0 spiro atoms. The Morgan fingerprint density at radius 1 is 1.28 bits per heavy atom. The van der Waals surface area contributed by atoms with E-state index in [1.165, 1.54) is 6.92 Å². The number of alkyl halides is 3. The second-order valence-electron chi connectivity index (χ2n) is 3.80. The average molecular weight is 263 g/mol. The molecule has 1 rings (SSSR count). The van der Waals surface area contributed by atoms with E-state index in [1.807, 2.05) is 5.32 Å². The summed E-state index contributed by atoms with van der Waals surface area (Å²) in [5, 5.41) is 20.2. The van der Waals surface area contributed by atoms with Crippen LogP contribution in [0.4, 0.5) is 18.0 Å². The summed E-state index contributed by atoms with van der Waals surface area (Å²) < 4.78 is 36.9. The molecular weight excluding hydrogens is 251 g/mol. The van der Waals surface area contributed by atoms with Gasteiger partial charge in [0, 0.05) is 0 Å². The highest BCUT2D eigenvalue weighted by Crippen LogP contribution is 2.30. The molecule has 3 N–H and O–H groups in total. The number of benzene rings is 1. The van der Waals surface area contributed by atoms with E-state index in [0.29, 0.717) is 0 Å². The highest BCUT2D eigenvalue weighted by Gasteiger charge is 2.30. The van der Waals surface area contributed by atoms with Crippen molar-refractivity contribution >= 4 is 6.09 Å². The maximum atomic E-state index is 12.3. The van der Waals surface area contributed by atoms with Crippen LogP contribution >= 0.6 is 0 Å². The van der Waals surface area contributed by atoms with Crippen LogP contribution in [0, 0.1) is 0 Å². The van der Waals surface area contributed by atoms with Crippen molar-refractivity contribution in [1.29, 1.82) is 0 Å². The van der Waals surface area contributed by atoms with E-state index in [0.717, 1.165) is 24.3 Å². The van der Waals surface area contributed by atoms with Crippen molar-refractivity contribution in [3.63, 3.8) is 0 Å². The molecule has 0 saturated carbocycles. The number of hydrogen-bond acceptors (Lipinski definition) is 2. The molecule has 100 valence electrons. The monoisotopic (exact) mass is 263 g/mol. The number of carbonyl (C=O) groups is 1. The van der Waals surface area contributed by atoms with Gasteiger partial charge in [0.25, 0.3) is 0 Å². The van der Waals surface area contributed by atoms with Crippen LogP contribution in [0.25, 0.3) is 0 Å². The molecule has 1 amide bonds. The minimum atomic E-state index is -4.44. The number of aliphatic hydroxyl groups excluding tert-OH is 1. The van der Waals surface area contributed by atoms with Crippen molar-refractivity contribution in [2.75, 3.05) is 0 Å². The van der Waals surface area contributed by atoms with Gasteiger partial charge in [0.1, 0.15) is 0 Å². The highest BCUT2D eigenvalue weighted by molar-refractivity contribution is 5.64. The second-order valence-corrected chi connectivity index (χ2v) is 3.80. The second kappa shape index (κ2) is 5.26. The molecule has 4 nitrogen and oxygen atoms in total. The van der Waals surface area contributed by atoms with Crippen LogP contribution in [0.1, 0.15) is 24.2 Å². The first-order valence-electron chi connectivity index (χ1n) is 5.06. The first-order valence-corrected chi connectivity index (χ1v) is 5.06. The van der Waals surface area contributed by atoms with Gasteiger partial charge in [-0.15, -0.1) is 0 Å². The summed E-state index contributed by atoms with van der Waals surface area (Å²) >= 11 is 0. The Bertz CT molecular complexity index is 417. The Morgan fingerprint density at radius 2 is 1.78 bits per heavy atom. The van der Waals surface area contributed by atoms with Crippen molar-refractivity contribution in [3.8, 4) is 0 Å². The minimum Gasteiger partial charge on any atom is -0.465 e. The molecule has 0 aliphatic heterocycles. The van der Waals surface area contributed by atoms with Gasteiger partial charge in [-0.2, -0.15) is 13.2 Å². The lowest BCUT2D eigenvalue weighted by Gasteiger charge is -2.19. The molecule has 2 unspecified atom stereocenters. The van der Waals surface area contributed by atoms with E-state index in [9.17, 15) is 23.1 Å². The summed E-state index contributed by atoms with van der Waals surface area (Å²) in [5.74, 6) is 0. The summed E-state index contributed by atoms with van der Waals surface area (Å²) in [4.78, 5) is 10.4. The third kappa shape index (κ3) is 3.63. The van der Waals surface area contributed by atoms with Gasteiger partial charge in [-0.05, 0) is 24.6 Å². The van der Waals surface area contributed by atoms with Gasteiger partial charge in [-0.25, -0.2) is 4.79 Å².